The van der Waals surface area contributed by atoms with Gasteiger partial charge in [0, 0.05) is 19.7 Å². The molecule has 1 aliphatic rings. The Morgan fingerprint density at radius 1 is 1.06 bits per heavy atom. The molecule has 0 saturated heterocycles. The molecule has 0 fully saturated rings. The van der Waals surface area contributed by atoms with Crippen LogP contribution in [0, 0.1) is 6.92 Å². The Hall–Kier alpha value is -3.58. The molecule has 2 aromatic carbocycles. The molecule has 7 heteroatoms. The number of rotatable bonds is 4. The summed E-state index contributed by atoms with van der Waals surface area (Å²) in [4.78, 5) is 26.8. The maximum Gasteiger partial charge on any atom is 0.331 e. The van der Waals surface area contributed by atoms with Crippen LogP contribution in [-0.4, -0.2) is 26.9 Å². The van der Waals surface area contributed by atoms with E-state index in [4.69, 9.17) is 9.47 Å². The van der Waals surface area contributed by atoms with Gasteiger partial charge >= 0.3 is 5.69 Å². The Morgan fingerprint density at radius 2 is 1.80 bits per heavy atom. The minimum Gasteiger partial charge on any atom is -0.493 e. The zero-order chi connectivity index (χ0) is 25.1. The Balaban J connectivity index is 2.00. The summed E-state index contributed by atoms with van der Waals surface area (Å²) in [5.41, 5.74) is 3.94. The molecule has 35 heavy (non-hydrogen) atoms. The topological polar surface area (TPSA) is 67.4 Å². The summed E-state index contributed by atoms with van der Waals surface area (Å²) >= 11 is 0. The van der Waals surface area contributed by atoms with Gasteiger partial charge in [0.2, 0.25) is 0 Å². The maximum atomic E-state index is 13.7. The van der Waals surface area contributed by atoms with Crippen molar-refractivity contribution in [3.63, 3.8) is 0 Å². The molecule has 5 rings (SSSR count). The average Bonchev–Trinajstić information content (AvgIpc) is 3.20. The van der Waals surface area contributed by atoms with Crippen LogP contribution in [0.1, 0.15) is 43.7 Å². The molecule has 0 radical (unpaired) electrons. The fourth-order valence-electron chi connectivity index (χ4n) is 5.28. The highest BCUT2D eigenvalue weighted by atomic mass is 16.5. The Morgan fingerprint density at radius 3 is 2.51 bits per heavy atom. The van der Waals surface area contributed by atoms with Crippen LogP contribution in [0.3, 0.4) is 0 Å². The molecule has 0 N–H and O–H groups in total. The second kappa shape index (κ2) is 8.27. The van der Waals surface area contributed by atoms with Crippen LogP contribution in [-0.2, 0) is 24.4 Å². The standard InChI is InChI=1S/C28H31N3O4/c1-7-34-20-14-9-8-13-19(20)25-24-23-21(26(32)30(6)27(33)29(23)5)22(18-12-10-11-17(2)15-18)31(24)28(3,4)16-35-25/h8-15,25H,7,16H2,1-6H3/t25-/m0/s1. The maximum absolute atomic E-state index is 13.7. The van der Waals surface area contributed by atoms with Gasteiger partial charge in [-0.15, -0.1) is 0 Å². The molecule has 0 unspecified atom stereocenters. The van der Waals surface area contributed by atoms with Crippen molar-refractivity contribution in [2.45, 2.75) is 39.3 Å². The first-order valence-electron chi connectivity index (χ1n) is 11.9. The number of ether oxygens (including phenoxy) is 2. The number of aromatic nitrogens is 3. The Labute approximate surface area is 204 Å². The van der Waals surface area contributed by atoms with Crippen LogP contribution in [0.15, 0.2) is 58.1 Å². The van der Waals surface area contributed by atoms with Crippen molar-refractivity contribution < 1.29 is 9.47 Å². The van der Waals surface area contributed by atoms with Crippen LogP contribution in [0.4, 0.5) is 0 Å². The Kier molecular flexibility index (Phi) is 5.48. The van der Waals surface area contributed by atoms with E-state index < -0.39 is 11.6 Å². The van der Waals surface area contributed by atoms with Crippen LogP contribution < -0.4 is 16.0 Å². The molecule has 1 aliphatic heterocycles. The molecule has 2 aromatic heterocycles. The number of hydrogen-bond acceptors (Lipinski definition) is 4. The summed E-state index contributed by atoms with van der Waals surface area (Å²) in [5.74, 6) is 0.728. The van der Waals surface area contributed by atoms with Crippen molar-refractivity contribution in [1.29, 1.82) is 0 Å². The van der Waals surface area contributed by atoms with E-state index in [1.54, 1.807) is 11.6 Å². The second-order valence-electron chi connectivity index (χ2n) is 9.84. The van der Waals surface area contributed by atoms with Gasteiger partial charge < -0.3 is 14.0 Å². The fourth-order valence-corrected chi connectivity index (χ4v) is 5.28. The molecular weight excluding hydrogens is 442 g/mol. The number of fused-ring (bicyclic) bond motifs is 3. The average molecular weight is 474 g/mol. The predicted octanol–water partition coefficient (Wildman–Crippen LogP) is 4.27. The van der Waals surface area contributed by atoms with Gasteiger partial charge in [0.1, 0.15) is 11.9 Å². The highest BCUT2D eigenvalue weighted by Gasteiger charge is 2.41. The molecule has 182 valence electrons. The monoisotopic (exact) mass is 473 g/mol. The van der Waals surface area contributed by atoms with Gasteiger partial charge in [-0.05, 0) is 45.4 Å². The van der Waals surface area contributed by atoms with Crippen molar-refractivity contribution >= 4 is 10.9 Å². The van der Waals surface area contributed by atoms with Crippen LogP contribution in [0.5, 0.6) is 5.75 Å². The molecule has 1 atom stereocenters. The van der Waals surface area contributed by atoms with E-state index >= 15 is 0 Å². The predicted molar refractivity (Wildman–Crippen MR) is 137 cm³/mol. The number of benzene rings is 2. The first-order valence-corrected chi connectivity index (χ1v) is 11.9. The molecule has 0 aliphatic carbocycles. The zero-order valence-corrected chi connectivity index (χ0v) is 21.1. The number of aryl methyl sites for hydroxylation is 2. The summed E-state index contributed by atoms with van der Waals surface area (Å²) in [5, 5.41) is 0.521. The molecule has 0 bridgehead atoms. The van der Waals surface area contributed by atoms with Gasteiger partial charge in [0.15, 0.2) is 0 Å². The van der Waals surface area contributed by atoms with Crippen molar-refractivity contribution in [3.05, 3.63) is 86.2 Å². The quantitative estimate of drug-likeness (QED) is 0.444. The lowest BCUT2D eigenvalue weighted by Crippen LogP contribution is -2.40. The summed E-state index contributed by atoms with van der Waals surface area (Å²) in [6.07, 6.45) is -0.510. The number of nitrogens with zero attached hydrogens (tertiary/aromatic N) is 3. The first kappa shape index (κ1) is 23.2. The third-order valence-corrected chi connectivity index (χ3v) is 6.86. The largest absolute Gasteiger partial charge is 0.493 e. The van der Waals surface area contributed by atoms with Crippen LogP contribution >= 0.6 is 0 Å². The normalized spacial score (nSPS) is 16.9. The lowest BCUT2D eigenvalue weighted by Gasteiger charge is -2.39. The number of para-hydroxylation sites is 1. The van der Waals surface area contributed by atoms with Crippen LogP contribution in [0.25, 0.3) is 22.2 Å². The van der Waals surface area contributed by atoms with Gasteiger partial charge in [0.05, 0.1) is 41.0 Å². The lowest BCUT2D eigenvalue weighted by molar-refractivity contribution is -0.00816. The molecule has 0 amide bonds. The van der Waals surface area contributed by atoms with E-state index in [9.17, 15) is 9.59 Å². The smallest absolute Gasteiger partial charge is 0.331 e. The van der Waals surface area contributed by atoms with E-state index in [1.165, 1.54) is 11.6 Å². The van der Waals surface area contributed by atoms with E-state index in [-0.39, 0.29) is 11.2 Å². The summed E-state index contributed by atoms with van der Waals surface area (Å²) in [6, 6.07) is 15.9. The molecule has 7 nitrogen and oxygen atoms in total. The third-order valence-electron chi connectivity index (χ3n) is 6.86. The Bertz CT molecular complexity index is 1570. The van der Waals surface area contributed by atoms with Gasteiger partial charge in [-0.2, -0.15) is 0 Å². The summed E-state index contributed by atoms with van der Waals surface area (Å²) < 4.78 is 17.4. The minimum atomic E-state index is -0.510. The van der Waals surface area contributed by atoms with E-state index in [0.29, 0.717) is 24.1 Å². The van der Waals surface area contributed by atoms with Crippen molar-refractivity contribution in [2.24, 2.45) is 14.1 Å². The van der Waals surface area contributed by atoms with Gasteiger partial charge in [-0.1, -0.05) is 42.0 Å². The second-order valence-corrected chi connectivity index (χ2v) is 9.84. The minimum absolute atomic E-state index is 0.311. The fraction of sp³-hybridized carbons (Fsp3) is 0.357. The van der Waals surface area contributed by atoms with Crippen molar-refractivity contribution in [2.75, 3.05) is 13.2 Å². The summed E-state index contributed by atoms with van der Waals surface area (Å²) in [6.45, 7) is 9.13. The summed E-state index contributed by atoms with van der Waals surface area (Å²) in [7, 11) is 3.25. The zero-order valence-electron chi connectivity index (χ0n) is 21.1. The molecule has 3 heterocycles. The van der Waals surface area contributed by atoms with Crippen molar-refractivity contribution in [3.8, 4) is 17.0 Å². The number of hydrogen-bond donors (Lipinski definition) is 0. The first-order chi connectivity index (χ1) is 16.7. The van der Waals surface area contributed by atoms with Gasteiger partial charge in [0.25, 0.3) is 5.56 Å². The van der Waals surface area contributed by atoms with E-state index in [1.807, 2.05) is 56.3 Å². The van der Waals surface area contributed by atoms with Gasteiger partial charge in [-0.25, -0.2) is 4.79 Å². The highest BCUT2D eigenvalue weighted by molar-refractivity contribution is 5.97. The molecule has 0 spiro atoms. The van der Waals surface area contributed by atoms with E-state index in [2.05, 4.69) is 24.5 Å². The third kappa shape index (κ3) is 3.45. The van der Waals surface area contributed by atoms with Crippen molar-refractivity contribution in [1.82, 2.24) is 13.7 Å². The van der Waals surface area contributed by atoms with Crippen LogP contribution in [0.2, 0.25) is 0 Å². The molecule has 0 saturated carbocycles. The SMILES string of the molecule is CCOc1ccccc1[C@@H]1OCC(C)(C)n2c(-c3cccc(C)c3)c3c(=O)n(C)c(=O)n(C)c3c21. The molecule has 4 aromatic rings. The highest BCUT2D eigenvalue weighted by Crippen LogP contribution is 2.47. The molecular formula is C28H31N3O4. The lowest BCUT2D eigenvalue weighted by atomic mass is 9.97. The van der Waals surface area contributed by atoms with Gasteiger partial charge in [-0.3, -0.25) is 13.9 Å². The van der Waals surface area contributed by atoms with E-state index in [0.717, 1.165) is 33.8 Å².